The van der Waals surface area contributed by atoms with Gasteiger partial charge in [0.1, 0.15) is 0 Å². The summed E-state index contributed by atoms with van der Waals surface area (Å²) < 4.78 is 28.0. The summed E-state index contributed by atoms with van der Waals surface area (Å²) in [6.07, 6.45) is 5.78. The molecule has 2 aromatic rings. The number of anilines is 1. The largest absolute Gasteiger partial charge is 0.312 e. The van der Waals surface area contributed by atoms with Crippen molar-refractivity contribution < 1.29 is 13.2 Å². The molecule has 2 aromatic carbocycles. The van der Waals surface area contributed by atoms with Gasteiger partial charge < -0.3 is 4.90 Å². The molecule has 0 spiro atoms. The van der Waals surface area contributed by atoms with Crippen LogP contribution in [-0.2, 0) is 34.2 Å². The minimum atomic E-state index is -3.54. The van der Waals surface area contributed by atoms with Crippen molar-refractivity contribution in [2.24, 2.45) is 0 Å². The monoisotopic (exact) mass is 384 g/mol. The lowest BCUT2D eigenvalue weighted by Crippen LogP contribution is -2.24. The Kier molecular flexibility index (Phi) is 5.02. The molecule has 1 aliphatic carbocycles. The van der Waals surface area contributed by atoms with Crippen molar-refractivity contribution in [3.63, 3.8) is 0 Å². The lowest BCUT2D eigenvalue weighted by Gasteiger charge is -2.17. The van der Waals surface area contributed by atoms with Crippen molar-refractivity contribution in [1.82, 2.24) is 4.72 Å². The van der Waals surface area contributed by atoms with Gasteiger partial charge in [0, 0.05) is 25.2 Å². The number of sulfonamides is 1. The summed E-state index contributed by atoms with van der Waals surface area (Å²) in [5, 5.41) is 0. The number of carbonyl (C=O) groups is 1. The van der Waals surface area contributed by atoms with Crippen LogP contribution in [0.3, 0.4) is 0 Å². The summed E-state index contributed by atoms with van der Waals surface area (Å²) in [5.74, 6) is 0.149. The minimum Gasteiger partial charge on any atom is -0.312 e. The van der Waals surface area contributed by atoms with Crippen LogP contribution in [0.25, 0.3) is 0 Å². The molecule has 0 bridgehead atoms. The van der Waals surface area contributed by atoms with Gasteiger partial charge >= 0.3 is 0 Å². The van der Waals surface area contributed by atoms with Crippen LogP contribution in [0.5, 0.6) is 0 Å². The first-order valence-electron chi connectivity index (χ1n) is 9.54. The number of aryl methyl sites for hydroxylation is 2. The standard InChI is InChI=1S/C21H24N2O3S/c24-21-6-3-13-23(21)19-10-7-16(8-11-19)15-22-27(25,26)20-12-9-17-4-1-2-5-18(17)14-20/h7-12,14,22H,1-6,13,15H2. The smallest absolute Gasteiger partial charge is 0.240 e. The van der Waals surface area contributed by atoms with E-state index in [9.17, 15) is 13.2 Å². The third-order valence-electron chi connectivity index (χ3n) is 5.42. The molecule has 1 saturated heterocycles. The third kappa shape index (κ3) is 3.92. The fraction of sp³-hybridized carbons (Fsp3) is 0.381. The van der Waals surface area contributed by atoms with Crippen LogP contribution in [0.2, 0.25) is 0 Å². The van der Waals surface area contributed by atoms with Crippen molar-refractivity contribution in [3.05, 3.63) is 59.2 Å². The molecule has 142 valence electrons. The molecule has 27 heavy (non-hydrogen) atoms. The zero-order valence-electron chi connectivity index (χ0n) is 15.3. The molecular weight excluding hydrogens is 360 g/mol. The van der Waals surface area contributed by atoms with E-state index in [2.05, 4.69) is 4.72 Å². The minimum absolute atomic E-state index is 0.149. The Hall–Kier alpha value is -2.18. The van der Waals surface area contributed by atoms with Crippen LogP contribution in [0, 0.1) is 0 Å². The first kappa shape index (κ1) is 18.2. The van der Waals surface area contributed by atoms with E-state index in [1.54, 1.807) is 11.0 Å². The van der Waals surface area contributed by atoms with Crippen LogP contribution in [0.15, 0.2) is 47.4 Å². The molecule has 0 radical (unpaired) electrons. The molecule has 2 aliphatic rings. The second-order valence-electron chi connectivity index (χ2n) is 7.28. The number of carbonyl (C=O) groups excluding carboxylic acids is 1. The van der Waals surface area contributed by atoms with E-state index in [1.807, 2.05) is 36.4 Å². The van der Waals surface area contributed by atoms with Crippen molar-refractivity contribution in [3.8, 4) is 0 Å². The van der Waals surface area contributed by atoms with Gasteiger partial charge in [0.15, 0.2) is 0 Å². The number of rotatable bonds is 5. The average Bonchev–Trinajstić information content (AvgIpc) is 3.12. The molecule has 1 fully saturated rings. The van der Waals surface area contributed by atoms with E-state index >= 15 is 0 Å². The number of nitrogens with one attached hydrogen (secondary N) is 1. The van der Waals surface area contributed by atoms with Gasteiger partial charge in [0.25, 0.3) is 0 Å². The van der Waals surface area contributed by atoms with Crippen LogP contribution >= 0.6 is 0 Å². The predicted molar refractivity (Wildman–Crippen MR) is 105 cm³/mol. The highest BCUT2D eigenvalue weighted by atomic mass is 32.2. The Bertz CT molecular complexity index is 952. The highest BCUT2D eigenvalue weighted by Crippen LogP contribution is 2.25. The van der Waals surface area contributed by atoms with E-state index in [0.29, 0.717) is 11.3 Å². The zero-order chi connectivity index (χ0) is 18.9. The third-order valence-corrected chi connectivity index (χ3v) is 6.82. The van der Waals surface area contributed by atoms with Gasteiger partial charge in [-0.3, -0.25) is 4.79 Å². The maximum Gasteiger partial charge on any atom is 0.240 e. The zero-order valence-corrected chi connectivity index (χ0v) is 16.1. The van der Waals surface area contributed by atoms with Gasteiger partial charge in [0.05, 0.1) is 4.90 Å². The van der Waals surface area contributed by atoms with E-state index in [4.69, 9.17) is 0 Å². The second-order valence-corrected chi connectivity index (χ2v) is 9.04. The molecule has 1 aliphatic heterocycles. The van der Waals surface area contributed by atoms with Gasteiger partial charge in [-0.15, -0.1) is 0 Å². The summed E-state index contributed by atoms with van der Waals surface area (Å²) >= 11 is 0. The van der Waals surface area contributed by atoms with Crippen LogP contribution in [0.4, 0.5) is 5.69 Å². The number of fused-ring (bicyclic) bond motifs is 1. The van der Waals surface area contributed by atoms with E-state index in [-0.39, 0.29) is 12.5 Å². The van der Waals surface area contributed by atoms with Crippen molar-refractivity contribution >= 4 is 21.6 Å². The quantitative estimate of drug-likeness (QED) is 0.861. The summed E-state index contributed by atoms with van der Waals surface area (Å²) in [4.78, 5) is 13.9. The summed E-state index contributed by atoms with van der Waals surface area (Å²) in [6, 6.07) is 13.0. The Morgan fingerprint density at radius 1 is 0.889 bits per heavy atom. The molecule has 1 N–H and O–H groups in total. The van der Waals surface area contributed by atoms with Crippen LogP contribution in [0.1, 0.15) is 42.4 Å². The Morgan fingerprint density at radius 3 is 2.33 bits per heavy atom. The topological polar surface area (TPSA) is 66.5 Å². The molecule has 0 atom stereocenters. The van der Waals surface area contributed by atoms with Crippen LogP contribution in [-0.4, -0.2) is 20.9 Å². The molecular formula is C21H24N2O3S. The lowest BCUT2D eigenvalue weighted by molar-refractivity contribution is -0.117. The van der Waals surface area contributed by atoms with Gasteiger partial charge in [0.2, 0.25) is 15.9 Å². The molecule has 5 nitrogen and oxygen atoms in total. The first-order valence-corrected chi connectivity index (χ1v) is 11.0. The van der Waals surface area contributed by atoms with Crippen molar-refractivity contribution in [2.75, 3.05) is 11.4 Å². The van der Waals surface area contributed by atoms with Gasteiger partial charge in [-0.1, -0.05) is 18.2 Å². The summed E-state index contributed by atoms with van der Waals surface area (Å²) in [7, 11) is -3.54. The maximum absolute atomic E-state index is 12.6. The normalized spacial score (nSPS) is 17.2. The Balaban J connectivity index is 1.44. The second kappa shape index (κ2) is 7.44. The maximum atomic E-state index is 12.6. The number of hydrogen-bond acceptors (Lipinski definition) is 3. The molecule has 6 heteroatoms. The van der Waals surface area contributed by atoms with Gasteiger partial charge in [-0.2, -0.15) is 0 Å². The lowest BCUT2D eigenvalue weighted by atomic mass is 9.92. The highest BCUT2D eigenvalue weighted by Gasteiger charge is 2.21. The van der Waals surface area contributed by atoms with E-state index in [0.717, 1.165) is 49.0 Å². The van der Waals surface area contributed by atoms with Crippen molar-refractivity contribution in [1.29, 1.82) is 0 Å². The van der Waals surface area contributed by atoms with E-state index in [1.165, 1.54) is 12.0 Å². The average molecular weight is 385 g/mol. The van der Waals surface area contributed by atoms with Gasteiger partial charge in [-0.05, 0) is 73.1 Å². The highest BCUT2D eigenvalue weighted by molar-refractivity contribution is 7.89. The molecule has 0 unspecified atom stereocenters. The fourth-order valence-electron chi connectivity index (χ4n) is 3.85. The molecule has 1 amide bonds. The molecule has 0 aromatic heterocycles. The fourth-order valence-corrected chi connectivity index (χ4v) is 4.92. The first-order chi connectivity index (χ1) is 13.0. The number of nitrogens with zero attached hydrogens (tertiary/aromatic N) is 1. The number of amides is 1. The molecule has 4 rings (SSSR count). The summed E-state index contributed by atoms with van der Waals surface area (Å²) in [5.41, 5.74) is 4.17. The van der Waals surface area contributed by atoms with E-state index < -0.39 is 10.0 Å². The van der Waals surface area contributed by atoms with Gasteiger partial charge in [-0.25, -0.2) is 13.1 Å². The van der Waals surface area contributed by atoms with Crippen molar-refractivity contribution in [2.45, 2.75) is 50.0 Å². The SMILES string of the molecule is O=C1CCCN1c1ccc(CNS(=O)(=O)c2ccc3c(c2)CCCC3)cc1. The Morgan fingerprint density at radius 2 is 1.63 bits per heavy atom. The number of hydrogen-bond donors (Lipinski definition) is 1. The number of benzene rings is 2. The molecule has 1 heterocycles. The molecule has 0 saturated carbocycles. The predicted octanol–water partition coefficient (Wildman–Crippen LogP) is 3.17. The Labute approximate surface area is 160 Å². The van der Waals surface area contributed by atoms with Crippen LogP contribution < -0.4 is 9.62 Å². The summed E-state index contributed by atoms with van der Waals surface area (Å²) in [6.45, 7) is 0.983.